The fourth-order valence-corrected chi connectivity index (χ4v) is 1.33. The van der Waals surface area contributed by atoms with E-state index in [1.165, 1.54) is 0 Å². The first-order valence-electron chi connectivity index (χ1n) is 4.29. The molecule has 3 N–H and O–H groups in total. The minimum Gasteiger partial charge on any atom is -0.354 e. The van der Waals surface area contributed by atoms with Crippen molar-refractivity contribution in [1.82, 2.24) is 9.66 Å². The number of anilines is 1. The Bertz CT molecular complexity index is 418. The third-order valence-corrected chi connectivity index (χ3v) is 1.93. The van der Waals surface area contributed by atoms with Gasteiger partial charge in [-0.1, -0.05) is 12.1 Å². The van der Waals surface area contributed by atoms with Crippen LogP contribution in [0.2, 0.25) is 0 Å². The first-order chi connectivity index (χ1) is 6.33. The standard InChI is InChI=1S/C9H12N4/c1-2-11-9-12-7-5-3-4-6-8(7)13(9)10/h3-6H,2,10H2,1H3,(H,11,12). The van der Waals surface area contributed by atoms with Crippen LogP contribution in [-0.4, -0.2) is 16.2 Å². The molecule has 13 heavy (non-hydrogen) atoms. The summed E-state index contributed by atoms with van der Waals surface area (Å²) in [5.41, 5.74) is 1.86. The largest absolute Gasteiger partial charge is 0.354 e. The number of aromatic nitrogens is 2. The highest BCUT2D eigenvalue weighted by Crippen LogP contribution is 2.15. The molecular formula is C9H12N4. The van der Waals surface area contributed by atoms with Crippen LogP contribution in [0.3, 0.4) is 0 Å². The highest BCUT2D eigenvalue weighted by Gasteiger charge is 2.05. The molecular weight excluding hydrogens is 164 g/mol. The SMILES string of the molecule is CCNc1nc2ccccc2n1N. The van der Waals surface area contributed by atoms with E-state index in [-0.39, 0.29) is 0 Å². The van der Waals surface area contributed by atoms with Crippen LogP contribution < -0.4 is 11.2 Å². The summed E-state index contributed by atoms with van der Waals surface area (Å²) in [5.74, 6) is 6.53. The molecule has 0 unspecified atom stereocenters. The van der Waals surface area contributed by atoms with E-state index in [2.05, 4.69) is 10.3 Å². The fourth-order valence-electron chi connectivity index (χ4n) is 1.33. The average molecular weight is 176 g/mol. The molecule has 0 spiro atoms. The third kappa shape index (κ3) is 1.20. The van der Waals surface area contributed by atoms with Gasteiger partial charge in [-0.15, -0.1) is 0 Å². The lowest BCUT2D eigenvalue weighted by molar-refractivity contribution is 1.01. The second-order valence-corrected chi connectivity index (χ2v) is 2.82. The maximum Gasteiger partial charge on any atom is 0.222 e. The van der Waals surface area contributed by atoms with Gasteiger partial charge in [-0.25, -0.2) is 9.66 Å². The zero-order valence-corrected chi connectivity index (χ0v) is 7.49. The number of hydrogen-bond acceptors (Lipinski definition) is 3. The molecule has 0 aliphatic rings. The molecule has 0 aliphatic heterocycles. The summed E-state index contributed by atoms with van der Waals surface area (Å²) in [6, 6.07) is 7.79. The Hall–Kier alpha value is -1.71. The molecule has 0 aliphatic carbocycles. The maximum atomic E-state index is 5.82. The second kappa shape index (κ2) is 2.97. The molecule has 0 saturated heterocycles. The van der Waals surface area contributed by atoms with Gasteiger partial charge >= 0.3 is 0 Å². The number of nitrogens with zero attached hydrogens (tertiary/aromatic N) is 2. The smallest absolute Gasteiger partial charge is 0.222 e. The Morgan fingerprint density at radius 3 is 2.92 bits per heavy atom. The highest BCUT2D eigenvalue weighted by atomic mass is 15.4. The quantitative estimate of drug-likeness (QED) is 0.675. The molecule has 1 heterocycles. The van der Waals surface area contributed by atoms with Gasteiger partial charge in [-0.05, 0) is 19.1 Å². The predicted molar refractivity (Wildman–Crippen MR) is 54.0 cm³/mol. The average Bonchev–Trinajstić information content (AvgIpc) is 2.46. The van der Waals surface area contributed by atoms with Crippen molar-refractivity contribution in [2.24, 2.45) is 0 Å². The lowest BCUT2D eigenvalue weighted by Gasteiger charge is -2.01. The fraction of sp³-hybridized carbons (Fsp3) is 0.222. The summed E-state index contributed by atoms with van der Waals surface area (Å²) in [7, 11) is 0. The zero-order chi connectivity index (χ0) is 9.26. The molecule has 0 amide bonds. The van der Waals surface area contributed by atoms with E-state index in [0.717, 1.165) is 17.6 Å². The molecule has 0 atom stereocenters. The lowest BCUT2D eigenvalue weighted by atomic mass is 10.3. The van der Waals surface area contributed by atoms with Crippen molar-refractivity contribution >= 4 is 17.0 Å². The van der Waals surface area contributed by atoms with Crippen LogP contribution in [0.15, 0.2) is 24.3 Å². The second-order valence-electron chi connectivity index (χ2n) is 2.82. The topological polar surface area (TPSA) is 55.9 Å². The predicted octanol–water partition coefficient (Wildman–Crippen LogP) is 1.18. The van der Waals surface area contributed by atoms with Crippen LogP contribution >= 0.6 is 0 Å². The number of nitrogens with one attached hydrogen (secondary N) is 1. The van der Waals surface area contributed by atoms with E-state index in [9.17, 15) is 0 Å². The minimum atomic E-state index is 0.712. The number of rotatable bonds is 2. The van der Waals surface area contributed by atoms with Gasteiger partial charge in [-0.3, -0.25) is 0 Å². The summed E-state index contributed by atoms with van der Waals surface area (Å²) in [5, 5.41) is 3.09. The molecule has 0 saturated carbocycles. The van der Waals surface area contributed by atoms with Gasteiger partial charge in [0.1, 0.15) is 0 Å². The number of fused-ring (bicyclic) bond motifs is 1. The molecule has 0 bridgehead atoms. The Kier molecular flexibility index (Phi) is 1.81. The molecule has 68 valence electrons. The van der Waals surface area contributed by atoms with Crippen LogP contribution in [0.5, 0.6) is 0 Å². The van der Waals surface area contributed by atoms with Crippen molar-refractivity contribution in [2.75, 3.05) is 17.7 Å². The number of imidazole rings is 1. The van der Waals surface area contributed by atoms with E-state index < -0.39 is 0 Å². The monoisotopic (exact) mass is 176 g/mol. The molecule has 4 heteroatoms. The highest BCUT2D eigenvalue weighted by molar-refractivity contribution is 5.78. The molecule has 1 aromatic heterocycles. The number of nitrogen functional groups attached to an aromatic ring is 1. The number of hydrogen-bond donors (Lipinski definition) is 2. The molecule has 4 nitrogen and oxygen atoms in total. The van der Waals surface area contributed by atoms with E-state index in [1.54, 1.807) is 4.68 Å². The zero-order valence-electron chi connectivity index (χ0n) is 7.49. The Labute approximate surface area is 76.3 Å². The summed E-state index contributed by atoms with van der Waals surface area (Å²) >= 11 is 0. The van der Waals surface area contributed by atoms with Gasteiger partial charge < -0.3 is 11.2 Å². The number of benzene rings is 1. The van der Waals surface area contributed by atoms with Crippen molar-refractivity contribution in [3.8, 4) is 0 Å². The molecule has 0 fully saturated rings. The van der Waals surface area contributed by atoms with Crippen LogP contribution in [0.1, 0.15) is 6.92 Å². The first kappa shape index (κ1) is 7.91. The number of nitrogens with two attached hydrogens (primary N) is 1. The van der Waals surface area contributed by atoms with Gasteiger partial charge in [0.15, 0.2) is 0 Å². The van der Waals surface area contributed by atoms with Crippen molar-refractivity contribution in [1.29, 1.82) is 0 Å². The number of para-hydroxylation sites is 2. The van der Waals surface area contributed by atoms with Gasteiger partial charge in [0.05, 0.1) is 11.0 Å². The Morgan fingerprint density at radius 1 is 1.46 bits per heavy atom. The normalized spacial score (nSPS) is 10.5. The first-order valence-corrected chi connectivity index (χ1v) is 4.29. The van der Waals surface area contributed by atoms with Gasteiger partial charge in [0, 0.05) is 6.54 Å². The van der Waals surface area contributed by atoms with Crippen molar-refractivity contribution in [2.45, 2.75) is 6.92 Å². The van der Waals surface area contributed by atoms with Crippen LogP contribution in [0, 0.1) is 0 Å². The molecule has 2 aromatic rings. The van der Waals surface area contributed by atoms with Crippen LogP contribution in [0.4, 0.5) is 5.95 Å². The van der Waals surface area contributed by atoms with E-state index in [0.29, 0.717) is 5.95 Å². The minimum absolute atomic E-state index is 0.712. The van der Waals surface area contributed by atoms with E-state index in [1.807, 2.05) is 31.2 Å². The van der Waals surface area contributed by atoms with Crippen molar-refractivity contribution in [3.63, 3.8) is 0 Å². The van der Waals surface area contributed by atoms with Crippen LogP contribution in [-0.2, 0) is 0 Å². The van der Waals surface area contributed by atoms with Gasteiger partial charge in [-0.2, -0.15) is 0 Å². The van der Waals surface area contributed by atoms with E-state index in [4.69, 9.17) is 5.84 Å². The molecule has 1 aromatic carbocycles. The summed E-state index contributed by atoms with van der Waals surface area (Å²) in [6.45, 7) is 2.83. The summed E-state index contributed by atoms with van der Waals surface area (Å²) < 4.78 is 1.57. The Balaban J connectivity index is 2.60. The maximum absolute atomic E-state index is 5.82. The van der Waals surface area contributed by atoms with Crippen molar-refractivity contribution < 1.29 is 0 Å². The Morgan fingerprint density at radius 2 is 2.23 bits per heavy atom. The van der Waals surface area contributed by atoms with Crippen LogP contribution in [0.25, 0.3) is 11.0 Å². The van der Waals surface area contributed by atoms with Gasteiger partial charge in [0.25, 0.3) is 0 Å². The lowest BCUT2D eigenvalue weighted by Crippen LogP contribution is -2.13. The molecule has 2 rings (SSSR count). The van der Waals surface area contributed by atoms with Crippen molar-refractivity contribution in [3.05, 3.63) is 24.3 Å². The summed E-state index contributed by atoms with van der Waals surface area (Å²) in [4.78, 5) is 4.33. The third-order valence-electron chi connectivity index (χ3n) is 1.93. The summed E-state index contributed by atoms with van der Waals surface area (Å²) in [6.07, 6.45) is 0. The van der Waals surface area contributed by atoms with Gasteiger partial charge in [0.2, 0.25) is 5.95 Å². The molecule has 0 radical (unpaired) electrons. The van der Waals surface area contributed by atoms with E-state index >= 15 is 0 Å².